The van der Waals surface area contributed by atoms with Crippen LogP contribution in [0.25, 0.3) is 10.6 Å². The van der Waals surface area contributed by atoms with Crippen molar-refractivity contribution >= 4 is 22.9 Å². The summed E-state index contributed by atoms with van der Waals surface area (Å²) in [5, 5.41) is 8.84. The van der Waals surface area contributed by atoms with E-state index in [1.54, 1.807) is 7.11 Å². The summed E-state index contributed by atoms with van der Waals surface area (Å²) in [6.45, 7) is 2.02. The number of aromatic nitrogens is 2. The van der Waals surface area contributed by atoms with Crippen LogP contribution in [0.1, 0.15) is 6.92 Å². The average molecular weight is 322 g/mol. The number of nitrogens with zero attached hydrogens (tertiary/aromatic N) is 2. The maximum Gasteiger partial charge on any atom is 0.290 e. The Morgan fingerprint density at radius 3 is 3.00 bits per heavy atom. The summed E-state index contributed by atoms with van der Waals surface area (Å²) in [7, 11) is 1.56. The fourth-order valence-electron chi connectivity index (χ4n) is 1.96. The quantitative estimate of drug-likeness (QED) is 0.816. The Balaban J connectivity index is 2.20. The van der Waals surface area contributed by atoms with Gasteiger partial charge in [-0.15, -0.1) is 11.3 Å². The van der Waals surface area contributed by atoms with Crippen LogP contribution in [0, 0.1) is 0 Å². The van der Waals surface area contributed by atoms with Gasteiger partial charge in [0, 0.05) is 13.2 Å². The molecule has 2 heterocycles. The summed E-state index contributed by atoms with van der Waals surface area (Å²) in [4.78, 5) is 24.8. The number of hydrogen-bond acceptors (Lipinski definition) is 6. The number of carbonyl (C=O) groups excluding carboxylic acids is 1. The zero-order valence-corrected chi connectivity index (χ0v) is 13.2. The number of amides is 1. The summed E-state index contributed by atoms with van der Waals surface area (Å²) in [6, 6.07) is 5.14. The van der Waals surface area contributed by atoms with Gasteiger partial charge < -0.3 is 15.8 Å². The number of thiophene rings is 1. The number of methoxy groups -OCH3 is 1. The molecule has 0 aliphatic heterocycles. The molecule has 3 N–H and O–H groups in total. The Kier molecular flexibility index (Phi) is 5.29. The Bertz CT molecular complexity index is 697. The Morgan fingerprint density at radius 1 is 1.59 bits per heavy atom. The molecule has 0 radical (unpaired) electrons. The zero-order chi connectivity index (χ0) is 16.1. The van der Waals surface area contributed by atoms with E-state index < -0.39 is 5.56 Å². The van der Waals surface area contributed by atoms with Crippen molar-refractivity contribution in [2.75, 3.05) is 19.5 Å². The number of rotatable bonds is 6. The van der Waals surface area contributed by atoms with E-state index in [9.17, 15) is 9.59 Å². The maximum absolute atomic E-state index is 12.0. The minimum atomic E-state index is -0.477. The van der Waals surface area contributed by atoms with E-state index in [2.05, 4.69) is 10.4 Å². The van der Waals surface area contributed by atoms with Crippen LogP contribution in [0.4, 0.5) is 5.69 Å². The van der Waals surface area contributed by atoms with Gasteiger partial charge in [0.1, 0.15) is 17.9 Å². The molecular formula is C14H18N4O3S. The van der Waals surface area contributed by atoms with E-state index in [1.165, 1.54) is 17.4 Å². The van der Waals surface area contributed by atoms with E-state index in [1.807, 2.05) is 24.4 Å². The van der Waals surface area contributed by atoms with E-state index in [0.29, 0.717) is 12.3 Å². The van der Waals surface area contributed by atoms with Gasteiger partial charge in [0.15, 0.2) is 0 Å². The van der Waals surface area contributed by atoms with Crippen molar-refractivity contribution in [2.45, 2.75) is 19.5 Å². The van der Waals surface area contributed by atoms with E-state index in [-0.39, 0.29) is 24.2 Å². The number of anilines is 1. The highest BCUT2D eigenvalue weighted by atomic mass is 32.1. The molecule has 0 saturated carbocycles. The van der Waals surface area contributed by atoms with Gasteiger partial charge in [0.25, 0.3) is 5.56 Å². The molecule has 0 aromatic carbocycles. The molecule has 0 aliphatic carbocycles. The molecule has 0 fully saturated rings. The predicted molar refractivity (Wildman–Crippen MR) is 85.7 cm³/mol. The van der Waals surface area contributed by atoms with Crippen molar-refractivity contribution in [2.24, 2.45) is 0 Å². The number of nitrogens with one attached hydrogen (secondary N) is 1. The molecule has 1 amide bonds. The highest BCUT2D eigenvalue weighted by molar-refractivity contribution is 7.13. The molecule has 0 aliphatic rings. The fraction of sp³-hybridized carbons (Fsp3) is 0.357. The van der Waals surface area contributed by atoms with Crippen LogP contribution in [0.5, 0.6) is 0 Å². The molecule has 118 valence electrons. The van der Waals surface area contributed by atoms with Crippen molar-refractivity contribution in [1.82, 2.24) is 15.1 Å². The number of hydrogen-bond donors (Lipinski definition) is 2. The smallest absolute Gasteiger partial charge is 0.290 e. The number of nitrogens with two attached hydrogens (primary N) is 1. The van der Waals surface area contributed by atoms with Crippen LogP contribution in [0.3, 0.4) is 0 Å². The lowest BCUT2D eigenvalue weighted by Crippen LogP contribution is -2.40. The lowest BCUT2D eigenvalue weighted by atomic mass is 10.3. The van der Waals surface area contributed by atoms with Crippen LogP contribution in [0.15, 0.2) is 28.4 Å². The summed E-state index contributed by atoms with van der Waals surface area (Å²) < 4.78 is 6.03. The van der Waals surface area contributed by atoms with Crippen LogP contribution < -0.4 is 16.6 Å². The molecule has 2 rings (SSSR count). The summed E-state index contributed by atoms with van der Waals surface area (Å²) in [5.41, 5.74) is 5.89. The van der Waals surface area contributed by atoms with Crippen molar-refractivity contribution < 1.29 is 9.53 Å². The third-order valence-electron chi connectivity index (χ3n) is 2.89. The molecule has 7 nitrogen and oxygen atoms in total. The SMILES string of the molecule is COCC(C)NC(=O)Cn1nc(-c2cccs2)cc(N)c1=O. The minimum Gasteiger partial charge on any atom is -0.394 e. The van der Waals surface area contributed by atoms with E-state index in [4.69, 9.17) is 10.5 Å². The van der Waals surface area contributed by atoms with Crippen LogP contribution in [-0.2, 0) is 16.1 Å². The third kappa shape index (κ3) is 3.92. The second-order valence-corrected chi connectivity index (χ2v) is 5.80. The molecular weight excluding hydrogens is 304 g/mol. The lowest BCUT2D eigenvalue weighted by molar-refractivity contribution is -0.122. The van der Waals surface area contributed by atoms with E-state index >= 15 is 0 Å². The van der Waals surface area contributed by atoms with Gasteiger partial charge in [0.2, 0.25) is 5.91 Å². The Labute approximate surface area is 131 Å². The summed E-state index contributed by atoms with van der Waals surface area (Å²) in [5.74, 6) is -0.318. The van der Waals surface area contributed by atoms with Gasteiger partial charge in [-0.05, 0) is 24.4 Å². The molecule has 0 bridgehead atoms. The van der Waals surface area contributed by atoms with E-state index in [0.717, 1.165) is 9.56 Å². The van der Waals surface area contributed by atoms with Crippen molar-refractivity contribution in [3.05, 3.63) is 33.9 Å². The third-order valence-corrected chi connectivity index (χ3v) is 3.79. The zero-order valence-electron chi connectivity index (χ0n) is 12.4. The Hall–Kier alpha value is -2.19. The maximum atomic E-state index is 12.0. The van der Waals surface area contributed by atoms with Crippen molar-refractivity contribution in [1.29, 1.82) is 0 Å². The minimum absolute atomic E-state index is 0.0659. The van der Waals surface area contributed by atoms with Gasteiger partial charge >= 0.3 is 0 Å². The largest absolute Gasteiger partial charge is 0.394 e. The first-order valence-electron chi connectivity index (χ1n) is 6.71. The molecule has 0 saturated heterocycles. The molecule has 0 spiro atoms. The predicted octanol–water partition coefficient (Wildman–Crippen LogP) is 0.705. The molecule has 2 aromatic rings. The molecule has 22 heavy (non-hydrogen) atoms. The van der Waals surface area contributed by atoms with Gasteiger partial charge in [-0.2, -0.15) is 5.10 Å². The second-order valence-electron chi connectivity index (χ2n) is 4.85. The Morgan fingerprint density at radius 2 is 2.36 bits per heavy atom. The number of carbonyl (C=O) groups is 1. The fourth-order valence-corrected chi connectivity index (χ4v) is 2.64. The summed E-state index contributed by atoms with van der Waals surface area (Å²) >= 11 is 1.48. The standard InChI is InChI=1S/C14H18N4O3S/c1-9(8-21-2)16-13(19)7-18-14(20)10(15)6-11(17-18)12-4-3-5-22-12/h3-6,9H,7-8,15H2,1-2H3,(H,16,19). The van der Waals surface area contributed by atoms with Gasteiger partial charge in [-0.1, -0.05) is 6.07 Å². The first-order chi connectivity index (χ1) is 10.5. The molecule has 1 unspecified atom stereocenters. The normalized spacial score (nSPS) is 12.1. The average Bonchev–Trinajstić information content (AvgIpc) is 2.97. The van der Waals surface area contributed by atoms with Crippen LogP contribution >= 0.6 is 11.3 Å². The topological polar surface area (TPSA) is 99.2 Å². The van der Waals surface area contributed by atoms with Gasteiger partial charge in [-0.25, -0.2) is 4.68 Å². The summed E-state index contributed by atoms with van der Waals surface area (Å²) in [6.07, 6.45) is 0. The van der Waals surface area contributed by atoms with Crippen molar-refractivity contribution in [3.63, 3.8) is 0 Å². The van der Waals surface area contributed by atoms with Gasteiger partial charge in [-0.3, -0.25) is 9.59 Å². The first-order valence-corrected chi connectivity index (χ1v) is 7.59. The first kappa shape index (κ1) is 16.2. The second kappa shape index (κ2) is 7.19. The van der Waals surface area contributed by atoms with Gasteiger partial charge in [0.05, 0.1) is 11.5 Å². The molecule has 8 heteroatoms. The van der Waals surface area contributed by atoms with Crippen molar-refractivity contribution in [3.8, 4) is 10.6 Å². The highest BCUT2D eigenvalue weighted by Gasteiger charge is 2.13. The van der Waals surface area contributed by atoms with Crippen LogP contribution in [-0.4, -0.2) is 35.4 Å². The molecule has 2 aromatic heterocycles. The van der Waals surface area contributed by atoms with Crippen LogP contribution in [0.2, 0.25) is 0 Å². The monoisotopic (exact) mass is 322 g/mol. The molecule has 1 atom stereocenters. The number of ether oxygens (including phenoxy) is 1. The highest BCUT2D eigenvalue weighted by Crippen LogP contribution is 2.22. The number of nitrogen functional groups attached to an aromatic ring is 1. The lowest BCUT2D eigenvalue weighted by Gasteiger charge is -2.13.